The van der Waals surface area contributed by atoms with Crippen molar-refractivity contribution in [3.05, 3.63) is 12.0 Å². The molecule has 2 rings (SSSR count). The van der Waals surface area contributed by atoms with E-state index in [-0.39, 0.29) is 11.5 Å². The van der Waals surface area contributed by atoms with Crippen LogP contribution >= 0.6 is 7.94 Å². The SMILES string of the molecule is NC(=O)c1ncn(C2O[C@H](C(=O)[P+](O)(O)O)[C@@H](O)[C@H]2O)c1N. The molecule has 1 saturated heterocycles. The summed E-state index contributed by atoms with van der Waals surface area (Å²) in [7, 11) is -4.93. The second kappa shape index (κ2) is 5.52. The van der Waals surface area contributed by atoms with E-state index < -0.39 is 43.9 Å². The van der Waals surface area contributed by atoms with Gasteiger partial charge in [-0.25, -0.2) is 9.78 Å². The number of carbonyl (C=O) groups is 2. The third-order valence-corrected chi connectivity index (χ3v) is 3.96. The van der Waals surface area contributed by atoms with Crippen LogP contribution in [-0.4, -0.2) is 64.2 Å². The number of amides is 1. The van der Waals surface area contributed by atoms with Crippen LogP contribution < -0.4 is 11.5 Å². The summed E-state index contributed by atoms with van der Waals surface area (Å²) in [5.74, 6) is -1.22. The van der Waals surface area contributed by atoms with Gasteiger partial charge in [-0.05, 0) is 0 Å². The van der Waals surface area contributed by atoms with Crippen LogP contribution in [0, 0.1) is 0 Å². The standard InChI is InChI=1S/C9H13N4O8P/c10-6-2(7(11)16)12-1-13(6)8-4(15)3(14)5(21-8)9(17)22(18,19)20/h1,3-5,8,14-15,18-20H,(H3-,10,11,16)/p+1/t3-,4+,5-,8?/m0/s1. The van der Waals surface area contributed by atoms with E-state index in [1.54, 1.807) is 0 Å². The average Bonchev–Trinajstić information content (AvgIpc) is 2.90. The first-order valence-corrected chi connectivity index (χ1v) is 7.45. The van der Waals surface area contributed by atoms with Crippen molar-refractivity contribution in [3.63, 3.8) is 0 Å². The fraction of sp³-hybridized carbons (Fsp3) is 0.444. The lowest BCUT2D eigenvalue weighted by molar-refractivity contribution is -0.129. The summed E-state index contributed by atoms with van der Waals surface area (Å²) in [5.41, 5.74) is 8.74. The van der Waals surface area contributed by atoms with E-state index in [0.717, 1.165) is 10.9 Å². The molecule has 1 amide bonds. The number of primary amides is 1. The number of hydrogen-bond donors (Lipinski definition) is 7. The highest BCUT2D eigenvalue weighted by Gasteiger charge is 2.58. The average molecular weight is 337 g/mol. The van der Waals surface area contributed by atoms with Crippen molar-refractivity contribution in [3.8, 4) is 0 Å². The predicted octanol–water partition coefficient (Wildman–Crippen LogP) is -3.55. The largest absolute Gasteiger partial charge is 0.481 e. The van der Waals surface area contributed by atoms with Gasteiger partial charge in [-0.1, -0.05) is 0 Å². The Labute approximate surface area is 123 Å². The lowest BCUT2D eigenvalue weighted by Crippen LogP contribution is -2.36. The number of imidazole rings is 1. The second-order valence-corrected chi connectivity index (χ2v) is 6.16. The van der Waals surface area contributed by atoms with Gasteiger partial charge < -0.3 is 26.4 Å². The molecule has 12 nitrogen and oxygen atoms in total. The molecule has 4 atom stereocenters. The maximum atomic E-state index is 11.6. The Balaban J connectivity index is 2.31. The van der Waals surface area contributed by atoms with Crippen molar-refractivity contribution >= 4 is 25.2 Å². The lowest BCUT2D eigenvalue weighted by atomic mass is 10.1. The molecule has 1 aromatic rings. The molecule has 1 aliphatic rings. The van der Waals surface area contributed by atoms with Gasteiger partial charge >= 0.3 is 13.5 Å². The number of aliphatic hydroxyl groups excluding tert-OH is 2. The number of ether oxygens (including phenoxy) is 1. The number of rotatable bonds is 4. The molecule has 1 aliphatic heterocycles. The zero-order valence-corrected chi connectivity index (χ0v) is 11.7. The molecule has 13 heteroatoms. The zero-order valence-electron chi connectivity index (χ0n) is 10.8. The van der Waals surface area contributed by atoms with E-state index in [2.05, 4.69) is 4.98 Å². The molecule has 0 aromatic carbocycles. The highest BCUT2D eigenvalue weighted by atomic mass is 31.2. The van der Waals surface area contributed by atoms with E-state index in [4.69, 9.17) is 30.9 Å². The molecule has 9 N–H and O–H groups in total. The van der Waals surface area contributed by atoms with Crippen molar-refractivity contribution in [2.75, 3.05) is 5.73 Å². The third-order valence-electron chi connectivity index (χ3n) is 3.12. The van der Waals surface area contributed by atoms with Crippen LogP contribution in [0.3, 0.4) is 0 Å². The van der Waals surface area contributed by atoms with Crippen LogP contribution in [0.25, 0.3) is 0 Å². The van der Waals surface area contributed by atoms with Crippen LogP contribution in [-0.2, 0) is 9.53 Å². The topological polar surface area (TPSA) is 214 Å². The fourth-order valence-electron chi connectivity index (χ4n) is 2.03. The van der Waals surface area contributed by atoms with Crippen LogP contribution in [0.5, 0.6) is 0 Å². The monoisotopic (exact) mass is 337 g/mol. The first-order valence-electron chi connectivity index (χ1n) is 5.81. The summed E-state index contributed by atoms with van der Waals surface area (Å²) in [5, 5.41) is 19.6. The summed E-state index contributed by atoms with van der Waals surface area (Å²) in [6, 6.07) is 0. The lowest BCUT2D eigenvalue weighted by Gasteiger charge is -2.17. The van der Waals surface area contributed by atoms with Crippen LogP contribution in [0.15, 0.2) is 6.33 Å². The molecule has 1 aromatic heterocycles. The molecular formula is C9H14N4O8P+. The molecule has 0 radical (unpaired) electrons. The minimum Gasteiger partial charge on any atom is -0.387 e. The van der Waals surface area contributed by atoms with Gasteiger partial charge in [0.1, 0.15) is 18.0 Å². The molecule has 2 heterocycles. The van der Waals surface area contributed by atoms with Crippen LogP contribution in [0.4, 0.5) is 5.82 Å². The van der Waals surface area contributed by atoms with Crippen LogP contribution in [0.1, 0.15) is 16.7 Å². The van der Waals surface area contributed by atoms with Gasteiger partial charge in [0.25, 0.3) is 5.91 Å². The number of anilines is 1. The Morgan fingerprint density at radius 1 is 1.27 bits per heavy atom. The highest BCUT2D eigenvalue weighted by Crippen LogP contribution is 2.49. The summed E-state index contributed by atoms with van der Waals surface area (Å²) in [4.78, 5) is 53.0. The van der Waals surface area contributed by atoms with E-state index in [0.29, 0.717) is 0 Å². The predicted molar refractivity (Wildman–Crippen MR) is 69.7 cm³/mol. The van der Waals surface area contributed by atoms with E-state index >= 15 is 0 Å². The Morgan fingerprint density at radius 2 is 1.86 bits per heavy atom. The van der Waals surface area contributed by atoms with Gasteiger partial charge in [0.2, 0.25) is 0 Å². The van der Waals surface area contributed by atoms with Crippen molar-refractivity contribution in [1.82, 2.24) is 9.55 Å². The summed E-state index contributed by atoms with van der Waals surface area (Å²) in [6.45, 7) is 0. The normalized spacial score (nSPS) is 28.8. The van der Waals surface area contributed by atoms with Crippen molar-refractivity contribution in [1.29, 1.82) is 0 Å². The maximum Gasteiger partial charge on any atom is 0.481 e. The molecule has 0 spiro atoms. The highest BCUT2D eigenvalue weighted by molar-refractivity contribution is 7.76. The molecule has 1 unspecified atom stereocenters. The Bertz CT molecular complexity index is 613. The number of nitrogens with two attached hydrogens (primary N) is 2. The van der Waals surface area contributed by atoms with Crippen LogP contribution in [0.2, 0.25) is 0 Å². The van der Waals surface area contributed by atoms with E-state index in [9.17, 15) is 19.8 Å². The number of aromatic nitrogens is 2. The Hall–Kier alpha value is -1.66. The number of nitrogens with zero attached hydrogens (tertiary/aromatic N) is 2. The van der Waals surface area contributed by atoms with Gasteiger partial charge in [0.15, 0.2) is 18.0 Å². The quantitative estimate of drug-likeness (QED) is 0.268. The zero-order chi connectivity index (χ0) is 16.8. The Morgan fingerprint density at radius 3 is 2.32 bits per heavy atom. The summed E-state index contributed by atoms with van der Waals surface area (Å²) >= 11 is 0. The van der Waals surface area contributed by atoms with Gasteiger partial charge in [0, 0.05) is 0 Å². The molecule has 122 valence electrons. The van der Waals surface area contributed by atoms with Gasteiger partial charge in [-0.15, -0.1) is 0 Å². The number of nitrogen functional groups attached to an aromatic ring is 1. The fourth-order valence-corrected chi connectivity index (χ4v) is 2.58. The van der Waals surface area contributed by atoms with Crippen molar-refractivity contribution in [2.45, 2.75) is 24.5 Å². The molecule has 0 aliphatic carbocycles. The molecule has 0 saturated carbocycles. The van der Waals surface area contributed by atoms with Gasteiger partial charge in [-0.2, -0.15) is 14.7 Å². The van der Waals surface area contributed by atoms with Gasteiger partial charge in [-0.3, -0.25) is 9.36 Å². The summed E-state index contributed by atoms with van der Waals surface area (Å²) in [6.07, 6.45) is -5.93. The molecular weight excluding hydrogens is 323 g/mol. The first kappa shape index (κ1) is 16.7. The van der Waals surface area contributed by atoms with E-state index in [1.807, 2.05) is 0 Å². The van der Waals surface area contributed by atoms with Crippen molar-refractivity contribution < 1.29 is 39.2 Å². The minimum absolute atomic E-state index is 0.282. The minimum atomic E-state index is -4.93. The second-order valence-electron chi connectivity index (χ2n) is 4.58. The molecule has 0 bridgehead atoms. The maximum absolute atomic E-state index is 11.6. The summed E-state index contributed by atoms with van der Waals surface area (Å²) < 4.78 is 5.96. The molecule has 22 heavy (non-hydrogen) atoms. The van der Waals surface area contributed by atoms with E-state index in [1.165, 1.54) is 0 Å². The third kappa shape index (κ3) is 2.68. The van der Waals surface area contributed by atoms with Gasteiger partial charge in [0.05, 0.1) is 6.33 Å². The number of hydrogen-bond acceptors (Lipinski definition) is 10. The van der Waals surface area contributed by atoms with Crippen molar-refractivity contribution in [2.24, 2.45) is 5.73 Å². The first-order chi connectivity index (χ1) is 10.1. The number of aliphatic hydroxyl groups is 2. The number of carbonyl (C=O) groups excluding carboxylic acids is 2. The molecule has 1 fully saturated rings. The Kier molecular flexibility index (Phi) is 4.19. The smallest absolute Gasteiger partial charge is 0.387 e.